The van der Waals surface area contributed by atoms with Gasteiger partial charge in [0.2, 0.25) is 0 Å². The molecule has 88 valence electrons. The van der Waals surface area contributed by atoms with Gasteiger partial charge >= 0.3 is 0 Å². The number of nitrogens with zero attached hydrogens (tertiary/aromatic N) is 2. The second kappa shape index (κ2) is 5.20. The van der Waals surface area contributed by atoms with Crippen molar-refractivity contribution in [1.29, 1.82) is 0 Å². The van der Waals surface area contributed by atoms with Crippen molar-refractivity contribution < 1.29 is 0 Å². The average molecular weight is 264 g/mol. The lowest BCUT2D eigenvalue weighted by Crippen LogP contribution is -2.16. The first-order valence-corrected chi connectivity index (χ1v) is 6.38. The van der Waals surface area contributed by atoms with E-state index in [0.29, 0.717) is 10.8 Å². The average Bonchev–Trinajstić information content (AvgIpc) is 2.83. The number of thiocarbonyl (C=S) groups is 1. The summed E-state index contributed by atoms with van der Waals surface area (Å²) in [5.74, 6) is 0.626. The number of nitrogens with one attached hydrogen (secondary N) is 1. The van der Waals surface area contributed by atoms with E-state index in [-0.39, 0.29) is 6.04 Å². The highest BCUT2D eigenvalue weighted by atomic mass is 32.1. The molecule has 2 aromatic rings. The second-order valence-corrected chi connectivity index (χ2v) is 4.96. The van der Waals surface area contributed by atoms with Crippen molar-refractivity contribution in [2.75, 3.05) is 5.32 Å². The molecule has 0 fully saturated rings. The van der Waals surface area contributed by atoms with Crippen molar-refractivity contribution in [2.24, 2.45) is 5.73 Å². The molecule has 0 bridgehead atoms. The lowest BCUT2D eigenvalue weighted by molar-refractivity contribution is 0.877. The zero-order valence-electron chi connectivity index (χ0n) is 9.25. The molecule has 17 heavy (non-hydrogen) atoms. The predicted molar refractivity (Wildman–Crippen MR) is 74.3 cm³/mol. The van der Waals surface area contributed by atoms with E-state index in [4.69, 9.17) is 18.0 Å². The van der Waals surface area contributed by atoms with Gasteiger partial charge in [0.1, 0.15) is 4.99 Å². The lowest BCUT2D eigenvalue weighted by Gasteiger charge is -2.14. The van der Waals surface area contributed by atoms with Gasteiger partial charge < -0.3 is 11.1 Å². The quantitative estimate of drug-likeness (QED) is 0.830. The molecule has 0 spiro atoms. The zero-order chi connectivity index (χ0) is 12.3. The molecule has 2 heterocycles. The molecule has 6 heteroatoms. The van der Waals surface area contributed by atoms with Gasteiger partial charge in [0.15, 0.2) is 5.82 Å². The molecular weight excluding hydrogens is 252 g/mol. The Hall–Kier alpha value is -1.53. The Kier molecular flexibility index (Phi) is 3.65. The van der Waals surface area contributed by atoms with Crippen LogP contribution < -0.4 is 11.1 Å². The fourth-order valence-corrected chi connectivity index (χ4v) is 2.35. The molecule has 1 unspecified atom stereocenters. The molecule has 0 aliphatic heterocycles. The highest BCUT2D eigenvalue weighted by molar-refractivity contribution is 7.80. The van der Waals surface area contributed by atoms with E-state index in [1.807, 2.05) is 11.4 Å². The summed E-state index contributed by atoms with van der Waals surface area (Å²) in [6.07, 6.45) is 1.58. The number of nitrogens with two attached hydrogens (primary N) is 1. The minimum atomic E-state index is 0.153. The Labute approximate surface area is 109 Å². The van der Waals surface area contributed by atoms with Gasteiger partial charge in [0, 0.05) is 4.88 Å². The summed E-state index contributed by atoms with van der Waals surface area (Å²) in [6.45, 7) is 2.06. The van der Waals surface area contributed by atoms with Crippen LogP contribution in [0.25, 0.3) is 0 Å². The first-order valence-electron chi connectivity index (χ1n) is 5.10. The van der Waals surface area contributed by atoms with Gasteiger partial charge in [-0.05, 0) is 24.4 Å². The molecule has 0 radical (unpaired) electrons. The van der Waals surface area contributed by atoms with Crippen molar-refractivity contribution >= 4 is 34.4 Å². The highest BCUT2D eigenvalue weighted by Crippen LogP contribution is 2.23. The standard InChI is InChI=1S/C11H12N4S2/c1-7(9-3-2-6-17-9)14-11-8(10(12)16)4-5-13-15-11/h2-7H,1H3,(H2,12,16)(H,14,15). The molecule has 0 aromatic carbocycles. The summed E-state index contributed by atoms with van der Waals surface area (Å²) in [5.41, 5.74) is 6.36. The summed E-state index contributed by atoms with van der Waals surface area (Å²) in [4.78, 5) is 1.55. The van der Waals surface area contributed by atoms with Crippen LogP contribution >= 0.6 is 23.6 Å². The van der Waals surface area contributed by atoms with Gasteiger partial charge in [0.05, 0.1) is 17.8 Å². The molecule has 1 atom stereocenters. The van der Waals surface area contributed by atoms with Crippen LogP contribution in [-0.4, -0.2) is 15.2 Å². The van der Waals surface area contributed by atoms with Crippen LogP contribution in [-0.2, 0) is 0 Å². The van der Waals surface area contributed by atoms with E-state index in [1.54, 1.807) is 23.6 Å². The number of aromatic nitrogens is 2. The molecule has 0 aliphatic carbocycles. The Morgan fingerprint density at radius 2 is 2.35 bits per heavy atom. The second-order valence-electron chi connectivity index (χ2n) is 3.54. The molecule has 0 saturated heterocycles. The summed E-state index contributed by atoms with van der Waals surface area (Å²) in [7, 11) is 0. The summed E-state index contributed by atoms with van der Waals surface area (Å²) in [6, 6.07) is 6.00. The maximum Gasteiger partial charge on any atom is 0.159 e. The highest BCUT2D eigenvalue weighted by Gasteiger charge is 2.11. The minimum Gasteiger partial charge on any atom is -0.389 e. The van der Waals surface area contributed by atoms with E-state index in [0.717, 1.165) is 5.56 Å². The van der Waals surface area contributed by atoms with E-state index < -0.39 is 0 Å². The van der Waals surface area contributed by atoms with Gasteiger partial charge in [0.25, 0.3) is 0 Å². The Balaban J connectivity index is 2.21. The van der Waals surface area contributed by atoms with E-state index >= 15 is 0 Å². The van der Waals surface area contributed by atoms with Crippen molar-refractivity contribution in [3.05, 3.63) is 40.2 Å². The van der Waals surface area contributed by atoms with E-state index in [1.165, 1.54) is 4.88 Å². The number of anilines is 1. The SMILES string of the molecule is CC(Nc1nnccc1C(N)=S)c1cccs1. The van der Waals surface area contributed by atoms with Gasteiger partial charge in [-0.2, -0.15) is 5.10 Å². The molecule has 3 N–H and O–H groups in total. The van der Waals surface area contributed by atoms with Gasteiger partial charge in [-0.15, -0.1) is 16.4 Å². The number of hydrogen-bond acceptors (Lipinski definition) is 5. The number of rotatable bonds is 4. The van der Waals surface area contributed by atoms with Crippen LogP contribution in [0.1, 0.15) is 23.4 Å². The smallest absolute Gasteiger partial charge is 0.159 e. The van der Waals surface area contributed by atoms with Crippen molar-refractivity contribution in [2.45, 2.75) is 13.0 Å². The fourth-order valence-electron chi connectivity index (χ4n) is 1.45. The van der Waals surface area contributed by atoms with Gasteiger partial charge in [-0.1, -0.05) is 18.3 Å². The van der Waals surface area contributed by atoms with Crippen LogP contribution in [0.4, 0.5) is 5.82 Å². The summed E-state index contributed by atoms with van der Waals surface area (Å²) in [5, 5.41) is 13.2. The van der Waals surface area contributed by atoms with Crippen molar-refractivity contribution in [3.63, 3.8) is 0 Å². The monoisotopic (exact) mass is 264 g/mol. The molecule has 2 rings (SSSR count). The van der Waals surface area contributed by atoms with Crippen LogP contribution in [0, 0.1) is 0 Å². The normalized spacial score (nSPS) is 12.1. The van der Waals surface area contributed by atoms with Crippen LogP contribution in [0.2, 0.25) is 0 Å². The molecular formula is C11H12N4S2. The topological polar surface area (TPSA) is 63.8 Å². The Bertz CT molecular complexity index is 510. The lowest BCUT2D eigenvalue weighted by atomic mass is 10.2. The van der Waals surface area contributed by atoms with Crippen molar-refractivity contribution in [3.8, 4) is 0 Å². The molecule has 4 nitrogen and oxygen atoms in total. The number of hydrogen-bond donors (Lipinski definition) is 2. The molecule has 0 amide bonds. The molecule has 0 aliphatic rings. The molecule has 2 aromatic heterocycles. The largest absolute Gasteiger partial charge is 0.389 e. The molecule has 0 saturated carbocycles. The van der Waals surface area contributed by atoms with Crippen LogP contribution in [0.3, 0.4) is 0 Å². The third-order valence-corrected chi connectivity index (χ3v) is 3.58. The van der Waals surface area contributed by atoms with Crippen LogP contribution in [0.15, 0.2) is 29.8 Å². The first-order chi connectivity index (χ1) is 8.18. The third-order valence-electron chi connectivity index (χ3n) is 2.31. The minimum absolute atomic E-state index is 0.153. The first kappa shape index (κ1) is 11.9. The summed E-state index contributed by atoms with van der Waals surface area (Å²) < 4.78 is 0. The number of thiophene rings is 1. The Morgan fingerprint density at radius 3 is 3.00 bits per heavy atom. The fraction of sp³-hybridized carbons (Fsp3) is 0.182. The maximum absolute atomic E-state index is 5.64. The van der Waals surface area contributed by atoms with Gasteiger partial charge in [-0.3, -0.25) is 0 Å². The van der Waals surface area contributed by atoms with Crippen molar-refractivity contribution in [1.82, 2.24) is 10.2 Å². The predicted octanol–water partition coefficient (Wildman–Crippen LogP) is 2.35. The third kappa shape index (κ3) is 2.78. The van der Waals surface area contributed by atoms with Crippen LogP contribution in [0.5, 0.6) is 0 Å². The Morgan fingerprint density at radius 1 is 1.53 bits per heavy atom. The maximum atomic E-state index is 5.64. The zero-order valence-corrected chi connectivity index (χ0v) is 10.9. The van der Waals surface area contributed by atoms with E-state index in [2.05, 4.69) is 28.5 Å². The van der Waals surface area contributed by atoms with E-state index in [9.17, 15) is 0 Å². The summed E-state index contributed by atoms with van der Waals surface area (Å²) >= 11 is 6.66. The van der Waals surface area contributed by atoms with Gasteiger partial charge in [-0.25, -0.2) is 0 Å².